The van der Waals surface area contributed by atoms with Gasteiger partial charge in [-0.25, -0.2) is 0 Å². The zero-order valence-electron chi connectivity index (χ0n) is 48.2. The maximum absolute atomic E-state index is 12.9. The van der Waals surface area contributed by atoms with E-state index in [1.807, 2.05) is 0 Å². The molecule has 70 heavy (non-hydrogen) atoms. The zero-order valence-corrected chi connectivity index (χ0v) is 48.2. The molecule has 0 amide bonds. The molecule has 0 heterocycles. The summed E-state index contributed by atoms with van der Waals surface area (Å²) >= 11 is 0. The van der Waals surface area contributed by atoms with Crippen LogP contribution in [0.3, 0.4) is 0 Å². The van der Waals surface area contributed by atoms with Crippen molar-refractivity contribution in [2.24, 2.45) is 11.8 Å². The highest BCUT2D eigenvalue weighted by Crippen LogP contribution is 2.19. The maximum Gasteiger partial charge on any atom is 0.306 e. The summed E-state index contributed by atoms with van der Waals surface area (Å²) in [5.41, 5.74) is 0. The summed E-state index contributed by atoms with van der Waals surface area (Å²) in [7, 11) is 0. The van der Waals surface area contributed by atoms with Gasteiger partial charge in [0.05, 0.1) is 0 Å². The van der Waals surface area contributed by atoms with E-state index in [1.165, 1.54) is 250 Å². The lowest BCUT2D eigenvalue weighted by Crippen LogP contribution is -2.30. The summed E-state index contributed by atoms with van der Waals surface area (Å²) in [4.78, 5) is 38.3. The molecule has 0 saturated heterocycles. The van der Waals surface area contributed by atoms with E-state index in [1.54, 1.807) is 0 Å². The molecule has 0 bridgehead atoms. The van der Waals surface area contributed by atoms with E-state index in [4.69, 9.17) is 14.2 Å². The van der Waals surface area contributed by atoms with Gasteiger partial charge in [0.15, 0.2) is 6.10 Å². The summed E-state index contributed by atoms with van der Waals surface area (Å²) in [5, 5.41) is 0. The zero-order chi connectivity index (χ0) is 51.1. The van der Waals surface area contributed by atoms with Gasteiger partial charge >= 0.3 is 17.9 Å². The molecular formula is C64H124O6. The van der Waals surface area contributed by atoms with E-state index in [0.717, 1.165) is 69.6 Å². The molecule has 0 spiro atoms. The third kappa shape index (κ3) is 55.7. The minimum absolute atomic E-state index is 0.0618. The van der Waals surface area contributed by atoms with Gasteiger partial charge in [-0.2, -0.15) is 0 Å². The van der Waals surface area contributed by atoms with Crippen molar-refractivity contribution in [3.05, 3.63) is 0 Å². The van der Waals surface area contributed by atoms with Crippen LogP contribution >= 0.6 is 0 Å². The Hall–Kier alpha value is -1.59. The standard InChI is InChI=1S/C64H124O6/c1-6-8-9-10-11-12-13-22-31-36-41-46-51-56-64(67)70-61(58-69-63(66)55-50-45-40-35-30-26-21-20-24-28-33-38-43-48-53-60(5)7-2)57-68-62(65)54-49-44-39-34-29-25-19-17-15-14-16-18-23-27-32-37-42-47-52-59(3)4/h59-61H,6-58H2,1-5H3/t60?,61-/m0/s1. The average Bonchev–Trinajstić information content (AvgIpc) is 3.35. The van der Waals surface area contributed by atoms with Crippen molar-refractivity contribution in [3.63, 3.8) is 0 Å². The number of ether oxygens (including phenoxy) is 3. The molecule has 6 nitrogen and oxygen atoms in total. The first-order chi connectivity index (χ1) is 34.3. The van der Waals surface area contributed by atoms with E-state index in [2.05, 4.69) is 34.6 Å². The SMILES string of the molecule is CCCCCCCCCCCCCCCC(=O)O[C@@H](COC(=O)CCCCCCCCCCCCCCCCCCCCC(C)C)COC(=O)CCCCCCCCCCCCCCCCC(C)CC. The van der Waals surface area contributed by atoms with Crippen LogP contribution in [0.25, 0.3) is 0 Å². The van der Waals surface area contributed by atoms with E-state index < -0.39 is 6.10 Å². The molecule has 0 aliphatic heterocycles. The van der Waals surface area contributed by atoms with Crippen LogP contribution < -0.4 is 0 Å². The van der Waals surface area contributed by atoms with Gasteiger partial charge in [0, 0.05) is 19.3 Å². The van der Waals surface area contributed by atoms with Gasteiger partial charge in [0.25, 0.3) is 0 Å². The number of hydrogen-bond acceptors (Lipinski definition) is 6. The molecule has 1 unspecified atom stereocenters. The van der Waals surface area contributed by atoms with Crippen molar-refractivity contribution < 1.29 is 28.6 Å². The molecule has 0 radical (unpaired) electrons. The lowest BCUT2D eigenvalue weighted by molar-refractivity contribution is -0.167. The van der Waals surface area contributed by atoms with Crippen molar-refractivity contribution in [1.29, 1.82) is 0 Å². The molecule has 0 saturated carbocycles. The number of unbranched alkanes of at least 4 members (excludes halogenated alkanes) is 42. The van der Waals surface area contributed by atoms with Gasteiger partial charge in [-0.15, -0.1) is 0 Å². The second-order valence-electron chi connectivity index (χ2n) is 22.8. The Kier molecular flexibility index (Phi) is 55.4. The van der Waals surface area contributed by atoms with Crippen LogP contribution in [-0.4, -0.2) is 37.2 Å². The first-order valence-electron chi connectivity index (χ1n) is 31.8. The number of esters is 3. The van der Waals surface area contributed by atoms with Crippen molar-refractivity contribution >= 4 is 17.9 Å². The fraction of sp³-hybridized carbons (Fsp3) is 0.953. The fourth-order valence-corrected chi connectivity index (χ4v) is 9.90. The first-order valence-corrected chi connectivity index (χ1v) is 31.8. The van der Waals surface area contributed by atoms with Crippen LogP contribution in [0.4, 0.5) is 0 Å². The van der Waals surface area contributed by atoms with Crippen LogP contribution in [0.2, 0.25) is 0 Å². The lowest BCUT2D eigenvalue weighted by Gasteiger charge is -2.18. The van der Waals surface area contributed by atoms with Crippen LogP contribution in [-0.2, 0) is 28.6 Å². The van der Waals surface area contributed by atoms with Crippen molar-refractivity contribution in [1.82, 2.24) is 0 Å². The largest absolute Gasteiger partial charge is 0.462 e. The highest BCUT2D eigenvalue weighted by molar-refractivity contribution is 5.71. The molecule has 0 aliphatic rings. The van der Waals surface area contributed by atoms with Crippen molar-refractivity contribution in [3.8, 4) is 0 Å². The molecule has 2 atom stereocenters. The summed E-state index contributed by atoms with van der Waals surface area (Å²) in [6.07, 6.45) is 62.4. The molecule has 0 N–H and O–H groups in total. The summed E-state index contributed by atoms with van der Waals surface area (Å²) in [6, 6.07) is 0. The minimum atomic E-state index is -0.763. The Morgan fingerprint density at radius 2 is 0.543 bits per heavy atom. The highest BCUT2D eigenvalue weighted by atomic mass is 16.6. The Morgan fingerprint density at radius 3 is 0.814 bits per heavy atom. The molecular weight excluding hydrogens is 865 g/mol. The van der Waals surface area contributed by atoms with Crippen LogP contribution in [0, 0.1) is 11.8 Å². The summed E-state index contributed by atoms with van der Waals surface area (Å²) < 4.78 is 16.9. The molecule has 0 rings (SSSR count). The van der Waals surface area contributed by atoms with Crippen molar-refractivity contribution in [2.75, 3.05) is 13.2 Å². The van der Waals surface area contributed by atoms with E-state index >= 15 is 0 Å². The summed E-state index contributed by atoms with van der Waals surface area (Å²) in [5.74, 6) is 0.923. The monoisotopic (exact) mass is 989 g/mol. The van der Waals surface area contributed by atoms with E-state index in [-0.39, 0.29) is 31.1 Å². The lowest BCUT2D eigenvalue weighted by atomic mass is 9.99. The normalized spacial score (nSPS) is 12.4. The second kappa shape index (κ2) is 56.7. The molecule has 0 aromatic rings. The smallest absolute Gasteiger partial charge is 0.306 e. The Balaban J connectivity index is 4.24. The molecule has 0 aliphatic carbocycles. The highest BCUT2D eigenvalue weighted by Gasteiger charge is 2.19. The van der Waals surface area contributed by atoms with Crippen LogP contribution in [0.15, 0.2) is 0 Å². The van der Waals surface area contributed by atoms with Gasteiger partial charge in [-0.05, 0) is 31.1 Å². The third-order valence-electron chi connectivity index (χ3n) is 15.1. The number of carbonyl (C=O) groups excluding carboxylic acids is 3. The molecule has 416 valence electrons. The third-order valence-corrected chi connectivity index (χ3v) is 15.1. The topological polar surface area (TPSA) is 78.9 Å². The van der Waals surface area contributed by atoms with Gasteiger partial charge in [-0.3, -0.25) is 14.4 Å². The number of carbonyl (C=O) groups is 3. The molecule has 0 aromatic carbocycles. The molecule has 0 aromatic heterocycles. The maximum atomic E-state index is 12.9. The van der Waals surface area contributed by atoms with Gasteiger partial charge < -0.3 is 14.2 Å². The van der Waals surface area contributed by atoms with Gasteiger partial charge in [0.1, 0.15) is 13.2 Å². The fourth-order valence-electron chi connectivity index (χ4n) is 9.90. The van der Waals surface area contributed by atoms with Crippen molar-refractivity contribution in [2.45, 2.75) is 368 Å². The predicted molar refractivity (Wildman–Crippen MR) is 303 cm³/mol. The first kappa shape index (κ1) is 68.4. The van der Waals surface area contributed by atoms with Gasteiger partial charge in [-0.1, -0.05) is 324 Å². The minimum Gasteiger partial charge on any atom is -0.462 e. The van der Waals surface area contributed by atoms with Gasteiger partial charge in [0.2, 0.25) is 0 Å². The average molecular weight is 990 g/mol. The predicted octanol–water partition coefficient (Wildman–Crippen LogP) is 21.2. The number of rotatable bonds is 58. The van der Waals surface area contributed by atoms with E-state index in [0.29, 0.717) is 19.3 Å². The molecule has 0 fully saturated rings. The van der Waals surface area contributed by atoms with Crippen LogP contribution in [0.1, 0.15) is 362 Å². The second-order valence-corrected chi connectivity index (χ2v) is 22.8. The Labute approximate surface area is 438 Å². The Morgan fingerprint density at radius 1 is 0.300 bits per heavy atom. The Bertz CT molecular complexity index is 1070. The molecule has 6 heteroatoms. The quantitative estimate of drug-likeness (QED) is 0.0343. The summed E-state index contributed by atoms with van der Waals surface area (Å²) in [6.45, 7) is 11.5. The van der Waals surface area contributed by atoms with Crippen LogP contribution in [0.5, 0.6) is 0 Å². The van der Waals surface area contributed by atoms with E-state index in [9.17, 15) is 14.4 Å². The number of hydrogen-bond donors (Lipinski definition) is 0.